The van der Waals surface area contributed by atoms with Crippen LogP contribution >= 0.6 is 0 Å². The number of rotatable bonds is 5. The summed E-state index contributed by atoms with van der Waals surface area (Å²) in [5, 5.41) is 0. The topological polar surface area (TPSA) is 24.7 Å². The molecule has 0 fully saturated rings. The van der Waals surface area contributed by atoms with Gasteiger partial charge in [0.2, 0.25) is 0 Å². The first-order chi connectivity index (χ1) is 14.2. The van der Waals surface area contributed by atoms with Crippen molar-refractivity contribution in [3.05, 3.63) is 58.7 Å². The predicted molar refractivity (Wildman–Crippen MR) is 139 cm³/mol. The zero-order chi connectivity index (χ0) is 23.6. The van der Waals surface area contributed by atoms with E-state index in [0.717, 1.165) is 17.1 Å². The molecule has 0 radical (unpaired) electrons. The van der Waals surface area contributed by atoms with Gasteiger partial charge >= 0.3 is 0 Å². The molecule has 0 aliphatic heterocycles. The van der Waals surface area contributed by atoms with E-state index < -0.39 is 0 Å². The van der Waals surface area contributed by atoms with Crippen molar-refractivity contribution >= 4 is 23.3 Å². The lowest BCUT2D eigenvalue weighted by Crippen LogP contribution is -2.15. The molecule has 31 heavy (non-hydrogen) atoms. The molecular weight excluding hydrogens is 376 g/mol. The van der Waals surface area contributed by atoms with E-state index in [4.69, 9.17) is 9.98 Å². The zero-order valence-electron chi connectivity index (χ0n) is 21.6. The zero-order valence-corrected chi connectivity index (χ0v) is 21.6. The van der Waals surface area contributed by atoms with Crippen LogP contribution in [0.25, 0.3) is 0 Å². The van der Waals surface area contributed by atoms with Gasteiger partial charge in [-0.15, -0.1) is 0 Å². The Kier molecular flexibility index (Phi) is 7.68. The van der Waals surface area contributed by atoms with E-state index in [2.05, 4.69) is 106 Å². The number of aliphatic imine (C=N–C) groups is 2. The molecule has 0 bridgehead atoms. The van der Waals surface area contributed by atoms with Crippen molar-refractivity contribution in [2.45, 2.75) is 98.8 Å². The maximum absolute atomic E-state index is 5.03. The molecule has 2 nitrogen and oxygen atoms in total. The maximum Gasteiger partial charge on any atom is 0.0699 e. The summed E-state index contributed by atoms with van der Waals surface area (Å²) in [6.45, 7) is 24.4. The van der Waals surface area contributed by atoms with Gasteiger partial charge in [-0.1, -0.05) is 99.6 Å². The van der Waals surface area contributed by atoms with Gasteiger partial charge in [0, 0.05) is 6.21 Å². The quantitative estimate of drug-likeness (QED) is 0.433. The number of benzene rings is 2. The van der Waals surface area contributed by atoms with Crippen LogP contribution in [0, 0.1) is 0 Å². The van der Waals surface area contributed by atoms with Gasteiger partial charge in [0.15, 0.2) is 0 Å². The van der Waals surface area contributed by atoms with Crippen LogP contribution in [0.15, 0.2) is 46.4 Å². The Morgan fingerprint density at radius 1 is 0.806 bits per heavy atom. The molecule has 0 spiro atoms. The van der Waals surface area contributed by atoms with Crippen LogP contribution in [0.5, 0.6) is 0 Å². The molecule has 0 atom stereocenters. The van der Waals surface area contributed by atoms with Gasteiger partial charge in [-0.2, -0.15) is 0 Å². The Morgan fingerprint density at radius 2 is 1.35 bits per heavy atom. The smallest absolute Gasteiger partial charge is 0.0699 e. The number of nitrogens with zero attached hydrogens (tertiary/aromatic N) is 2. The van der Waals surface area contributed by atoms with E-state index in [0.29, 0.717) is 11.8 Å². The Balaban J connectivity index is 2.55. The molecule has 168 valence electrons. The summed E-state index contributed by atoms with van der Waals surface area (Å²) in [4.78, 5) is 9.98. The molecule has 0 aliphatic carbocycles. The maximum atomic E-state index is 5.03. The Morgan fingerprint density at radius 3 is 1.81 bits per heavy atom. The summed E-state index contributed by atoms with van der Waals surface area (Å²) in [5.74, 6) is 0.859. The third kappa shape index (κ3) is 6.38. The van der Waals surface area contributed by atoms with Crippen molar-refractivity contribution < 1.29 is 0 Å². The number of hydrogen-bond acceptors (Lipinski definition) is 2. The Bertz CT molecular complexity index is 935. The first kappa shape index (κ1) is 25.0. The van der Waals surface area contributed by atoms with Crippen molar-refractivity contribution in [3.8, 4) is 0 Å². The standard InChI is InChI=1S/C29H42N2/c1-19(2)23-13-12-14-24(20(3)4)27(23)30-18-21(5)31-26-17-22(28(6,7)8)15-16-25(26)29(9,10)11/h12-20H,1-11H3. The molecule has 0 aliphatic rings. The molecule has 0 aromatic heterocycles. The first-order valence-electron chi connectivity index (χ1n) is 11.6. The molecule has 0 amide bonds. The lowest BCUT2D eigenvalue weighted by molar-refractivity contribution is 0.578. The molecule has 0 unspecified atom stereocenters. The minimum atomic E-state index is 0.0295. The van der Waals surface area contributed by atoms with Gasteiger partial charge in [-0.05, 0) is 57.9 Å². The van der Waals surface area contributed by atoms with E-state index in [1.807, 2.05) is 13.1 Å². The summed E-state index contributed by atoms with van der Waals surface area (Å²) in [5.41, 5.74) is 8.33. The highest BCUT2D eigenvalue weighted by molar-refractivity contribution is 6.30. The van der Waals surface area contributed by atoms with Crippen LogP contribution in [0.1, 0.15) is 110 Å². The second-order valence-corrected chi connectivity index (χ2v) is 11.3. The lowest BCUT2D eigenvalue weighted by atomic mass is 9.81. The lowest BCUT2D eigenvalue weighted by Gasteiger charge is -2.25. The van der Waals surface area contributed by atoms with Gasteiger partial charge in [-0.25, -0.2) is 0 Å². The van der Waals surface area contributed by atoms with Crippen LogP contribution in [-0.4, -0.2) is 11.9 Å². The number of hydrogen-bond donors (Lipinski definition) is 0. The molecular formula is C29H42N2. The van der Waals surface area contributed by atoms with Gasteiger partial charge < -0.3 is 0 Å². The summed E-state index contributed by atoms with van der Waals surface area (Å²) < 4.78 is 0. The van der Waals surface area contributed by atoms with Crippen LogP contribution in [-0.2, 0) is 10.8 Å². The molecule has 2 aromatic carbocycles. The normalized spacial score (nSPS) is 13.6. The van der Waals surface area contributed by atoms with Crippen molar-refractivity contribution in [1.29, 1.82) is 0 Å². The average Bonchev–Trinajstić information content (AvgIpc) is 2.64. The van der Waals surface area contributed by atoms with E-state index in [9.17, 15) is 0 Å². The van der Waals surface area contributed by atoms with Crippen LogP contribution in [0.4, 0.5) is 11.4 Å². The second-order valence-electron chi connectivity index (χ2n) is 11.3. The number of para-hydroxylation sites is 1. The Labute approximate surface area is 190 Å². The fourth-order valence-corrected chi connectivity index (χ4v) is 3.76. The summed E-state index contributed by atoms with van der Waals surface area (Å²) >= 11 is 0. The van der Waals surface area contributed by atoms with E-state index >= 15 is 0 Å². The molecule has 2 rings (SSSR count). The van der Waals surface area contributed by atoms with Gasteiger partial charge in [0.25, 0.3) is 0 Å². The Hall–Kier alpha value is -2.22. The van der Waals surface area contributed by atoms with Crippen LogP contribution in [0.2, 0.25) is 0 Å². The van der Waals surface area contributed by atoms with Crippen molar-refractivity contribution in [2.24, 2.45) is 9.98 Å². The molecule has 0 N–H and O–H groups in total. The molecule has 2 heteroatoms. The van der Waals surface area contributed by atoms with E-state index in [1.165, 1.54) is 22.3 Å². The highest BCUT2D eigenvalue weighted by Gasteiger charge is 2.21. The molecule has 0 saturated heterocycles. The van der Waals surface area contributed by atoms with E-state index in [-0.39, 0.29) is 10.8 Å². The molecule has 0 heterocycles. The summed E-state index contributed by atoms with van der Waals surface area (Å²) in [7, 11) is 0. The highest BCUT2D eigenvalue weighted by Crippen LogP contribution is 2.36. The average molecular weight is 419 g/mol. The van der Waals surface area contributed by atoms with E-state index in [1.54, 1.807) is 0 Å². The van der Waals surface area contributed by atoms with Gasteiger partial charge in [-0.3, -0.25) is 9.98 Å². The third-order valence-corrected chi connectivity index (χ3v) is 5.69. The van der Waals surface area contributed by atoms with Crippen molar-refractivity contribution in [1.82, 2.24) is 0 Å². The molecule has 0 saturated carbocycles. The SMILES string of the molecule is CC(C=Nc1c(C(C)C)cccc1C(C)C)=Nc1cc(C(C)(C)C)ccc1C(C)(C)C. The monoisotopic (exact) mass is 418 g/mol. The minimum absolute atomic E-state index is 0.0295. The molecule has 2 aromatic rings. The largest absolute Gasteiger partial charge is 0.254 e. The predicted octanol–water partition coefficient (Wildman–Crippen LogP) is 9.02. The van der Waals surface area contributed by atoms with Crippen molar-refractivity contribution in [3.63, 3.8) is 0 Å². The van der Waals surface area contributed by atoms with Gasteiger partial charge in [0.1, 0.15) is 0 Å². The fourth-order valence-electron chi connectivity index (χ4n) is 3.76. The minimum Gasteiger partial charge on any atom is -0.254 e. The van der Waals surface area contributed by atoms with Crippen molar-refractivity contribution in [2.75, 3.05) is 0 Å². The second kappa shape index (κ2) is 9.51. The third-order valence-electron chi connectivity index (χ3n) is 5.69. The fraction of sp³-hybridized carbons (Fsp3) is 0.517. The van der Waals surface area contributed by atoms with Crippen LogP contribution in [0.3, 0.4) is 0 Å². The summed E-state index contributed by atoms with van der Waals surface area (Å²) in [6.07, 6.45) is 1.93. The van der Waals surface area contributed by atoms with Gasteiger partial charge in [0.05, 0.1) is 17.1 Å². The highest BCUT2D eigenvalue weighted by atomic mass is 14.8. The van der Waals surface area contributed by atoms with Crippen LogP contribution < -0.4 is 0 Å². The first-order valence-corrected chi connectivity index (χ1v) is 11.6. The summed E-state index contributed by atoms with van der Waals surface area (Å²) in [6, 6.07) is 13.3.